The van der Waals surface area contributed by atoms with E-state index in [1.54, 1.807) is 11.0 Å². The van der Waals surface area contributed by atoms with Crippen molar-refractivity contribution in [3.8, 4) is 0 Å². The van der Waals surface area contributed by atoms with E-state index in [1.807, 2.05) is 0 Å². The SMILES string of the molecule is CCc1ccc(Cn2cnc(N)n2)cc1. The Kier molecular flexibility index (Phi) is 2.67. The third-order valence-electron chi connectivity index (χ3n) is 2.33. The molecule has 1 heterocycles. The Morgan fingerprint density at radius 3 is 2.40 bits per heavy atom. The second-order valence-corrected chi connectivity index (χ2v) is 3.47. The predicted octanol–water partition coefficient (Wildman–Crippen LogP) is 1.47. The first-order chi connectivity index (χ1) is 7.28. The molecule has 0 unspecified atom stereocenters. The maximum absolute atomic E-state index is 5.43. The van der Waals surface area contributed by atoms with E-state index in [4.69, 9.17) is 5.73 Å². The molecule has 0 spiro atoms. The van der Waals surface area contributed by atoms with E-state index in [2.05, 4.69) is 41.3 Å². The zero-order valence-electron chi connectivity index (χ0n) is 8.72. The number of hydrogen-bond donors (Lipinski definition) is 1. The van der Waals surface area contributed by atoms with Gasteiger partial charge in [-0.15, -0.1) is 5.10 Å². The van der Waals surface area contributed by atoms with Crippen LogP contribution in [0.15, 0.2) is 30.6 Å². The second kappa shape index (κ2) is 4.13. The highest BCUT2D eigenvalue weighted by molar-refractivity contribution is 5.22. The first kappa shape index (κ1) is 9.71. The third-order valence-corrected chi connectivity index (χ3v) is 2.33. The lowest BCUT2D eigenvalue weighted by atomic mass is 10.1. The number of benzene rings is 1. The first-order valence-electron chi connectivity index (χ1n) is 5.00. The fraction of sp³-hybridized carbons (Fsp3) is 0.273. The van der Waals surface area contributed by atoms with E-state index in [1.165, 1.54) is 11.1 Å². The molecule has 0 bridgehead atoms. The van der Waals surface area contributed by atoms with Gasteiger partial charge < -0.3 is 5.73 Å². The molecule has 1 aromatic heterocycles. The number of anilines is 1. The van der Waals surface area contributed by atoms with Gasteiger partial charge in [-0.25, -0.2) is 9.67 Å². The van der Waals surface area contributed by atoms with Crippen molar-refractivity contribution < 1.29 is 0 Å². The molecule has 0 amide bonds. The van der Waals surface area contributed by atoms with Gasteiger partial charge in [0.25, 0.3) is 0 Å². The van der Waals surface area contributed by atoms with Gasteiger partial charge in [0.05, 0.1) is 6.54 Å². The number of aromatic nitrogens is 3. The molecule has 0 saturated heterocycles. The molecule has 4 heteroatoms. The van der Waals surface area contributed by atoms with Crippen molar-refractivity contribution in [3.05, 3.63) is 41.7 Å². The van der Waals surface area contributed by atoms with E-state index < -0.39 is 0 Å². The summed E-state index contributed by atoms with van der Waals surface area (Å²) in [6, 6.07) is 8.48. The van der Waals surface area contributed by atoms with E-state index >= 15 is 0 Å². The van der Waals surface area contributed by atoms with Crippen LogP contribution in [-0.4, -0.2) is 14.8 Å². The van der Waals surface area contributed by atoms with Gasteiger partial charge in [0.2, 0.25) is 5.95 Å². The fourth-order valence-electron chi connectivity index (χ4n) is 1.45. The molecule has 2 rings (SSSR count). The summed E-state index contributed by atoms with van der Waals surface area (Å²) in [7, 11) is 0. The maximum Gasteiger partial charge on any atom is 0.239 e. The summed E-state index contributed by atoms with van der Waals surface area (Å²) in [4.78, 5) is 3.88. The Labute approximate surface area is 88.8 Å². The van der Waals surface area contributed by atoms with E-state index in [-0.39, 0.29) is 0 Å². The summed E-state index contributed by atoms with van der Waals surface area (Å²) in [6.07, 6.45) is 2.71. The van der Waals surface area contributed by atoms with Crippen LogP contribution in [0.2, 0.25) is 0 Å². The van der Waals surface area contributed by atoms with Crippen molar-refractivity contribution >= 4 is 5.95 Å². The van der Waals surface area contributed by atoms with Crippen molar-refractivity contribution in [2.45, 2.75) is 19.9 Å². The van der Waals surface area contributed by atoms with Crippen LogP contribution in [0.4, 0.5) is 5.95 Å². The van der Waals surface area contributed by atoms with Crippen LogP contribution in [0.3, 0.4) is 0 Å². The van der Waals surface area contributed by atoms with Crippen molar-refractivity contribution in [2.75, 3.05) is 5.73 Å². The third kappa shape index (κ3) is 2.34. The molecule has 2 N–H and O–H groups in total. The van der Waals surface area contributed by atoms with Crippen LogP contribution in [0, 0.1) is 0 Å². The highest BCUT2D eigenvalue weighted by Crippen LogP contribution is 2.06. The number of nitrogens with zero attached hydrogens (tertiary/aromatic N) is 3. The lowest BCUT2D eigenvalue weighted by Crippen LogP contribution is -2.01. The Hall–Kier alpha value is -1.84. The number of rotatable bonds is 3. The normalized spacial score (nSPS) is 10.5. The van der Waals surface area contributed by atoms with Gasteiger partial charge in [-0.1, -0.05) is 31.2 Å². The van der Waals surface area contributed by atoms with Crippen LogP contribution in [-0.2, 0) is 13.0 Å². The van der Waals surface area contributed by atoms with Crippen molar-refractivity contribution in [1.82, 2.24) is 14.8 Å². The molecule has 0 fully saturated rings. The van der Waals surface area contributed by atoms with E-state index in [0.29, 0.717) is 12.5 Å². The number of hydrogen-bond acceptors (Lipinski definition) is 3. The summed E-state index contributed by atoms with van der Waals surface area (Å²) in [5.74, 6) is 0.320. The molecule has 0 aliphatic heterocycles. The van der Waals surface area contributed by atoms with Gasteiger partial charge in [-0.3, -0.25) is 0 Å². The Morgan fingerprint density at radius 2 is 1.87 bits per heavy atom. The van der Waals surface area contributed by atoms with E-state index in [9.17, 15) is 0 Å². The average molecular weight is 202 g/mol. The lowest BCUT2D eigenvalue weighted by Gasteiger charge is -2.02. The Morgan fingerprint density at radius 1 is 1.20 bits per heavy atom. The molecule has 0 aliphatic rings. The van der Waals surface area contributed by atoms with E-state index in [0.717, 1.165) is 6.42 Å². The zero-order valence-corrected chi connectivity index (χ0v) is 8.72. The minimum atomic E-state index is 0.320. The van der Waals surface area contributed by atoms with Crippen molar-refractivity contribution in [3.63, 3.8) is 0 Å². The largest absolute Gasteiger partial charge is 0.367 e. The lowest BCUT2D eigenvalue weighted by molar-refractivity contribution is 0.687. The minimum absolute atomic E-state index is 0.320. The van der Waals surface area contributed by atoms with Gasteiger partial charge in [-0.2, -0.15) is 0 Å². The average Bonchev–Trinajstić information content (AvgIpc) is 2.65. The predicted molar refractivity (Wildman–Crippen MR) is 59.4 cm³/mol. The van der Waals surface area contributed by atoms with Gasteiger partial charge >= 0.3 is 0 Å². The van der Waals surface area contributed by atoms with Crippen LogP contribution in [0.25, 0.3) is 0 Å². The van der Waals surface area contributed by atoms with Crippen molar-refractivity contribution in [1.29, 1.82) is 0 Å². The maximum atomic E-state index is 5.43. The van der Waals surface area contributed by atoms with Gasteiger partial charge in [0, 0.05) is 0 Å². The van der Waals surface area contributed by atoms with Crippen LogP contribution < -0.4 is 5.73 Å². The zero-order chi connectivity index (χ0) is 10.7. The number of aryl methyl sites for hydroxylation is 1. The Bertz CT molecular complexity index is 430. The molecule has 78 valence electrons. The quantitative estimate of drug-likeness (QED) is 0.820. The molecule has 15 heavy (non-hydrogen) atoms. The summed E-state index contributed by atoms with van der Waals surface area (Å²) in [5.41, 5.74) is 7.98. The molecule has 0 aliphatic carbocycles. The molecule has 0 radical (unpaired) electrons. The van der Waals surface area contributed by atoms with Crippen molar-refractivity contribution in [2.24, 2.45) is 0 Å². The molecule has 2 aromatic rings. The molecule has 0 atom stereocenters. The summed E-state index contributed by atoms with van der Waals surface area (Å²) < 4.78 is 1.73. The second-order valence-electron chi connectivity index (χ2n) is 3.47. The van der Waals surface area contributed by atoms with Gasteiger partial charge in [0.15, 0.2) is 0 Å². The Balaban J connectivity index is 2.11. The molecule has 4 nitrogen and oxygen atoms in total. The van der Waals surface area contributed by atoms with Crippen LogP contribution in [0.5, 0.6) is 0 Å². The van der Waals surface area contributed by atoms with Crippen LogP contribution in [0.1, 0.15) is 18.1 Å². The minimum Gasteiger partial charge on any atom is -0.367 e. The summed E-state index contributed by atoms with van der Waals surface area (Å²) in [6.45, 7) is 2.86. The fourth-order valence-corrected chi connectivity index (χ4v) is 1.45. The number of nitrogen functional groups attached to an aromatic ring is 1. The van der Waals surface area contributed by atoms with Gasteiger partial charge in [-0.05, 0) is 17.5 Å². The van der Waals surface area contributed by atoms with Gasteiger partial charge in [0.1, 0.15) is 6.33 Å². The molecular weight excluding hydrogens is 188 g/mol. The highest BCUT2D eigenvalue weighted by Gasteiger charge is 1.98. The summed E-state index contributed by atoms with van der Waals surface area (Å²) in [5, 5.41) is 4.03. The first-order valence-corrected chi connectivity index (χ1v) is 5.00. The van der Waals surface area contributed by atoms with Crippen LogP contribution >= 0.6 is 0 Å². The monoisotopic (exact) mass is 202 g/mol. The highest BCUT2D eigenvalue weighted by atomic mass is 15.3. The standard InChI is InChI=1S/C11H14N4/c1-2-9-3-5-10(6-4-9)7-15-8-13-11(12)14-15/h3-6,8H,2,7H2,1H3,(H2,12,14). The topological polar surface area (TPSA) is 56.7 Å². The molecular formula is C11H14N4. The smallest absolute Gasteiger partial charge is 0.239 e. The molecule has 1 aromatic carbocycles. The summed E-state index contributed by atoms with van der Waals surface area (Å²) >= 11 is 0. The molecule has 0 saturated carbocycles. The number of nitrogens with two attached hydrogens (primary N) is 1.